The Kier molecular flexibility index (Phi) is 9.38. The van der Waals surface area contributed by atoms with E-state index in [4.69, 9.17) is 4.74 Å². The minimum Gasteiger partial charge on any atom is -0.465 e. The maximum atomic E-state index is 12.9. The molecule has 3 aromatic rings. The van der Waals surface area contributed by atoms with E-state index in [9.17, 15) is 37.7 Å². The normalized spacial score (nSPS) is 11.2. The van der Waals surface area contributed by atoms with E-state index in [-0.39, 0.29) is 40.3 Å². The zero-order valence-electron chi connectivity index (χ0n) is 20.6. The number of aromatic amines is 1. The Labute approximate surface area is 224 Å². The molecule has 0 aliphatic carbocycles. The largest absolute Gasteiger partial charge is 0.465 e. The topological polar surface area (TPSA) is 217 Å². The molecule has 2 aromatic heterocycles. The molecule has 208 valence electrons. The van der Waals surface area contributed by atoms with Gasteiger partial charge in [-0.15, -0.1) is 10.2 Å². The highest BCUT2D eigenvalue weighted by Crippen LogP contribution is 2.27. The molecule has 0 aliphatic rings. The first kappa shape index (κ1) is 29.3. The summed E-state index contributed by atoms with van der Waals surface area (Å²) in [6.45, 7) is 1.48. The molecule has 18 heteroatoms. The summed E-state index contributed by atoms with van der Waals surface area (Å²) >= 11 is 0.731. The molecule has 0 unspecified atom stereocenters. The molecule has 1 aromatic carbocycles. The summed E-state index contributed by atoms with van der Waals surface area (Å²) in [4.78, 5) is 61.9. The number of carbonyl (C=O) groups is 2. The van der Waals surface area contributed by atoms with Crippen LogP contribution in [-0.4, -0.2) is 76.1 Å². The van der Waals surface area contributed by atoms with Crippen molar-refractivity contribution in [3.05, 3.63) is 67.0 Å². The Hall–Kier alpha value is -4.29. The molecule has 0 atom stereocenters. The second-order valence-corrected chi connectivity index (χ2v) is 10.8. The molecule has 0 aliphatic heterocycles. The van der Waals surface area contributed by atoms with Gasteiger partial charge in [0.15, 0.2) is 0 Å². The Morgan fingerprint density at radius 3 is 2.56 bits per heavy atom. The number of amides is 1. The molecule has 2 N–H and O–H groups in total. The third-order valence-electron chi connectivity index (χ3n) is 5.11. The summed E-state index contributed by atoms with van der Waals surface area (Å²) in [7, 11) is -4.17. The van der Waals surface area contributed by atoms with Gasteiger partial charge in [0, 0.05) is 42.5 Å². The molecule has 0 saturated heterocycles. The number of sulfonamides is 1. The number of hydrogen-bond acceptors (Lipinski definition) is 12. The molecule has 0 saturated carbocycles. The van der Waals surface area contributed by atoms with Crippen LogP contribution in [0.5, 0.6) is 0 Å². The average molecular weight is 582 g/mol. The predicted molar refractivity (Wildman–Crippen MR) is 136 cm³/mol. The summed E-state index contributed by atoms with van der Waals surface area (Å²) in [6, 6.07) is 5.33. The number of ether oxygens (including phenoxy) is 1. The van der Waals surface area contributed by atoms with E-state index >= 15 is 0 Å². The highest BCUT2D eigenvalue weighted by molar-refractivity contribution is 7.91. The summed E-state index contributed by atoms with van der Waals surface area (Å²) in [5, 5.41) is 18.5. The molecular weight excluding hydrogens is 558 g/mol. The van der Waals surface area contributed by atoms with E-state index in [0.717, 1.165) is 20.8 Å². The van der Waals surface area contributed by atoms with Crippen molar-refractivity contribution in [1.82, 2.24) is 29.4 Å². The van der Waals surface area contributed by atoms with Gasteiger partial charge in [0.1, 0.15) is 18.1 Å². The van der Waals surface area contributed by atoms with Crippen molar-refractivity contribution in [2.75, 3.05) is 26.2 Å². The van der Waals surface area contributed by atoms with Crippen molar-refractivity contribution >= 4 is 38.9 Å². The van der Waals surface area contributed by atoms with Crippen LogP contribution in [0.2, 0.25) is 0 Å². The number of nitro benzene ring substituents is 1. The maximum absolute atomic E-state index is 12.9. The Morgan fingerprint density at radius 2 is 1.92 bits per heavy atom. The second kappa shape index (κ2) is 12.5. The minimum absolute atomic E-state index is 0.0558. The Balaban J connectivity index is 1.70. The Bertz CT molecular complexity index is 1590. The molecule has 3 rings (SSSR count). The number of rotatable bonds is 12. The fraction of sp³-hybridized carbons (Fsp3) is 0.333. The van der Waals surface area contributed by atoms with Gasteiger partial charge in [0.2, 0.25) is 10.2 Å². The molecule has 0 radical (unpaired) electrons. The number of hydrogen-bond donors (Lipinski definition) is 2. The van der Waals surface area contributed by atoms with E-state index in [1.807, 2.05) is 0 Å². The van der Waals surface area contributed by atoms with Crippen LogP contribution in [0.1, 0.15) is 12.5 Å². The summed E-state index contributed by atoms with van der Waals surface area (Å²) < 4.78 is 33.2. The summed E-state index contributed by atoms with van der Waals surface area (Å²) in [5.74, 6) is -1.44. The van der Waals surface area contributed by atoms with Crippen LogP contribution in [0.3, 0.4) is 0 Å². The number of aryl methyl sites for hydroxylation is 1. The van der Waals surface area contributed by atoms with Crippen LogP contribution in [-0.2, 0) is 30.9 Å². The highest BCUT2D eigenvalue weighted by atomic mass is 32.2. The third kappa shape index (κ3) is 7.62. The van der Waals surface area contributed by atoms with Crippen molar-refractivity contribution in [3.63, 3.8) is 0 Å². The zero-order valence-corrected chi connectivity index (χ0v) is 22.3. The molecule has 2 heterocycles. The van der Waals surface area contributed by atoms with Gasteiger partial charge in [-0.1, -0.05) is 11.3 Å². The zero-order chi connectivity index (χ0) is 28.7. The van der Waals surface area contributed by atoms with Gasteiger partial charge in [0.05, 0.1) is 11.5 Å². The first-order valence-corrected chi connectivity index (χ1v) is 13.5. The predicted octanol–water partition coefficient (Wildman–Crippen LogP) is -0.358. The first-order valence-electron chi connectivity index (χ1n) is 11.2. The smallest absolute Gasteiger partial charge is 0.328 e. The number of esters is 1. The van der Waals surface area contributed by atoms with Gasteiger partial charge < -0.3 is 9.64 Å². The highest BCUT2D eigenvalue weighted by Gasteiger charge is 2.23. The van der Waals surface area contributed by atoms with Gasteiger partial charge in [-0.2, -0.15) is 0 Å². The van der Waals surface area contributed by atoms with Crippen LogP contribution >= 0.6 is 11.3 Å². The van der Waals surface area contributed by atoms with Crippen molar-refractivity contribution < 1.29 is 27.7 Å². The molecule has 0 spiro atoms. The van der Waals surface area contributed by atoms with E-state index < -0.39 is 51.2 Å². The number of benzene rings is 1. The standard InChI is InChI=1S/C21H23N7O9S2/c1-3-37-17(30)12-26(16(29)11-27-10-13(2)18(31)23-20(27)32)9-8-22-39(35,36)21-25-24-19(38-21)14-4-6-15(7-5-14)28(33)34/h4-7,10,22H,3,8-9,11-12H2,1-2H3,(H,23,31,32). The summed E-state index contributed by atoms with van der Waals surface area (Å²) in [6.07, 6.45) is 1.20. The van der Waals surface area contributed by atoms with Crippen LogP contribution < -0.4 is 16.0 Å². The van der Waals surface area contributed by atoms with Gasteiger partial charge in [-0.25, -0.2) is 17.9 Å². The molecule has 1 amide bonds. The van der Waals surface area contributed by atoms with Crippen molar-refractivity contribution in [2.45, 2.75) is 24.7 Å². The number of H-pyrrole nitrogens is 1. The van der Waals surface area contributed by atoms with E-state index in [1.54, 1.807) is 6.92 Å². The molecule has 0 fully saturated rings. The number of non-ortho nitro benzene ring substituents is 1. The number of nitrogens with one attached hydrogen (secondary N) is 2. The molecule has 0 bridgehead atoms. The second-order valence-electron chi connectivity index (χ2n) is 7.89. The summed E-state index contributed by atoms with van der Waals surface area (Å²) in [5.41, 5.74) is -0.943. The van der Waals surface area contributed by atoms with Gasteiger partial charge in [0.25, 0.3) is 21.3 Å². The van der Waals surface area contributed by atoms with Crippen molar-refractivity contribution in [3.8, 4) is 10.6 Å². The molecule has 16 nitrogen and oxygen atoms in total. The van der Waals surface area contributed by atoms with Gasteiger partial charge >= 0.3 is 11.7 Å². The lowest BCUT2D eigenvalue weighted by Gasteiger charge is -2.22. The quantitative estimate of drug-likeness (QED) is 0.160. The number of nitrogens with zero attached hydrogens (tertiary/aromatic N) is 5. The third-order valence-corrected chi connectivity index (χ3v) is 7.91. The average Bonchev–Trinajstić information content (AvgIpc) is 3.38. The monoisotopic (exact) mass is 581 g/mol. The van der Waals surface area contributed by atoms with E-state index in [1.165, 1.54) is 37.4 Å². The van der Waals surface area contributed by atoms with Gasteiger partial charge in [-0.3, -0.25) is 34.0 Å². The van der Waals surface area contributed by atoms with E-state index in [0.29, 0.717) is 5.56 Å². The number of nitro groups is 1. The lowest BCUT2D eigenvalue weighted by atomic mass is 10.2. The first-order chi connectivity index (χ1) is 18.4. The fourth-order valence-electron chi connectivity index (χ4n) is 3.17. The molecular formula is C21H23N7O9S2. The van der Waals surface area contributed by atoms with E-state index in [2.05, 4.69) is 19.9 Å². The lowest BCUT2D eigenvalue weighted by molar-refractivity contribution is -0.384. The van der Waals surface area contributed by atoms with Crippen molar-refractivity contribution in [1.29, 1.82) is 0 Å². The molecule has 39 heavy (non-hydrogen) atoms. The number of aromatic nitrogens is 4. The van der Waals surface area contributed by atoms with Crippen molar-refractivity contribution in [2.24, 2.45) is 0 Å². The minimum atomic E-state index is -4.17. The van der Waals surface area contributed by atoms with Gasteiger partial charge in [-0.05, 0) is 26.0 Å². The van der Waals surface area contributed by atoms with Crippen LogP contribution in [0.25, 0.3) is 10.6 Å². The Morgan fingerprint density at radius 1 is 1.23 bits per heavy atom. The SMILES string of the molecule is CCOC(=O)CN(CCNS(=O)(=O)c1nnc(-c2ccc([N+](=O)[O-])cc2)s1)C(=O)Cn1cc(C)c(=O)[nH]c1=O. The number of carbonyl (C=O) groups excluding carboxylic acids is 2. The van der Waals surface area contributed by atoms with Crippen LogP contribution in [0.15, 0.2) is 44.4 Å². The van der Waals surface area contributed by atoms with Crippen LogP contribution in [0.4, 0.5) is 5.69 Å². The lowest BCUT2D eigenvalue weighted by Crippen LogP contribution is -2.44. The van der Waals surface area contributed by atoms with Crippen LogP contribution in [0, 0.1) is 17.0 Å². The maximum Gasteiger partial charge on any atom is 0.328 e. The fourth-order valence-corrected chi connectivity index (χ4v) is 5.24.